The lowest BCUT2D eigenvalue weighted by Crippen LogP contribution is -2.58. The standard InChI is InChI=1S/C38H46ClF2N5O5/c1-36(2,3)51-35(47)46-13-12-44(20-37(46)9-10-37)33-28-16-30(41)26(27-14-25(50-22-48-4)15-29(39)32(27)23-6-7-23)17-31(28)42-34(43-33)49-21-38-8-5-11-45(38)19-24(40)18-38/h14-17,23-24H,5-13,18-22H2,1-4H3/t24-,38+/m1/s1. The second-order valence-corrected chi connectivity index (χ2v) is 16.4. The summed E-state index contributed by atoms with van der Waals surface area (Å²) in [4.78, 5) is 29.2. The summed E-state index contributed by atoms with van der Waals surface area (Å²) < 4.78 is 54.2. The molecule has 1 spiro atoms. The van der Waals surface area contributed by atoms with Crippen molar-refractivity contribution in [2.24, 2.45) is 0 Å². The van der Waals surface area contributed by atoms with Crippen LogP contribution in [0.1, 0.15) is 77.2 Å². The van der Waals surface area contributed by atoms with Crippen molar-refractivity contribution >= 4 is 34.4 Å². The fourth-order valence-electron chi connectivity index (χ4n) is 8.42. The zero-order valence-corrected chi connectivity index (χ0v) is 30.5. The molecule has 274 valence electrons. The van der Waals surface area contributed by atoms with E-state index >= 15 is 4.39 Å². The lowest BCUT2D eigenvalue weighted by molar-refractivity contribution is 0.0106. The highest BCUT2D eigenvalue weighted by atomic mass is 35.5. The number of alkyl halides is 1. The third kappa shape index (κ3) is 6.68. The van der Waals surface area contributed by atoms with E-state index in [9.17, 15) is 9.18 Å². The molecule has 4 heterocycles. The molecule has 0 unspecified atom stereocenters. The van der Waals surface area contributed by atoms with Gasteiger partial charge in [-0.05, 0) is 107 Å². The van der Waals surface area contributed by atoms with Gasteiger partial charge in [-0.2, -0.15) is 9.97 Å². The van der Waals surface area contributed by atoms with Crippen LogP contribution in [0.15, 0.2) is 24.3 Å². The van der Waals surface area contributed by atoms with E-state index in [1.54, 1.807) is 12.1 Å². The molecule has 8 rings (SSSR count). The molecule has 51 heavy (non-hydrogen) atoms. The van der Waals surface area contributed by atoms with E-state index in [0.29, 0.717) is 71.2 Å². The smallest absolute Gasteiger partial charge is 0.410 e. The molecule has 2 aromatic carbocycles. The lowest BCUT2D eigenvalue weighted by atomic mass is 9.94. The summed E-state index contributed by atoms with van der Waals surface area (Å²) in [5, 5.41) is 1.06. The number of nitrogens with zero attached hydrogens (tertiary/aromatic N) is 5. The van der Waals surface area contributed by atoms with Crippen LogP contribution in [-0.2, 0) is 9.47 Å². The second-order valence-electron chi connectivity index (χ2n) is 16.0. The number of ether oxygens (including phenoxy) is 4. The average Bonchev–Trinajstić information content (AvgIpc) is 3.99. The lowest BCUT2D eigenvalue weighted by Gasteiger charge is -2.43. The number of aromatic nitrogens is 2. The first-order chi connectivity index (χ1) is 24.4. The first-order valence-electron chi connectivity index (χ1n) is 18.1. The van der Waals surface area contributed by atoms with Gasteiger partial charge in [0.05, 0.1) is 16.6 Å². The third-order valence-electron chi connectivity index (χ3n) is 11.1. The molecular formula is C38H46ClF2N5O5. The molecule has 3 saturated heterocycles. The molecule has 0 bridgehead atoms. The van der Waals surface area contributed by atoms with Crippen LogP contribution in [0.5, 0.6) is 11.8 Å². The minimum Gasteiger partial charge on any atom is -0.467 e. The van der Waals surface area contributed by atoms with Gasteiger partial charge in [0, 0.05) is 55.7 Å². The summed E-state index contributed by atoms with van der Waals surface area (Å²) in [6.45, 7) is 8.58. The zero-order valence-electron chi connectivity index (χ0n) is 29.8. The number of methoxy groups -OCH3 is 1. The molecule has 0 radical (unpaired) electrons. The van der Waals surface area contributed by atoms with Gasteiger partial charge < -0.3 is 23.8 Å². The van der Waals surface area contributed by atoms with Crippen LogP contribution in [0, 0.1) is 5.82 Å². The predicted octanol–water partition coefficient (Wildman–Crippen LogP) is 7.49. The monoisotopic (exact) mass is 725 g/mol. The highest BCUT2D eigenvalue weighted by molar-refractivity contribution is 6.32. The van der Waals surface area contributed by atoms with Gasteiger partial charge in [0.1, 0.15) is 35.8 Å². The van der Waals surface area contributed by atoms with Crippen molar-refractivity contribution in [1.82, 2.24) is 19.8 Å². The molecule has 10 nitrogen and oxygen atoms in total. The van der Waals surface area contributed by atoms with E-state index in [4.69, 9.17) is 40.5 Å². The Morgan fingerprint density at radius 1 is 1.04 bits per heavy atom. The van der Waals surface area contributed by atoms with E-state index < -0.39 is 17.6 Å². The predicted molar refractivity (Wildman–Crippen MR) is 190 cm³/mol. The van der Waals surface area contributed by atoms with Gasteiger partial charge in [-0.3, -0.25) is 9.80 Å². The van der Waals surface area contributed by atoms with Gasteiger partial charge in [-0.25, -0.2) is 13.6 Å². The van der Waals surface area contributed by atoms with Crippen molar-refractivity contribution < 1.29 is 32.5 Å². The Labute approximate surface area is 302 Å². The number of anilines is 1. The molecular weight excluding hydrogens is 680 g/mol. The Morgan fingerprint density at radius 2 is 1.84 bits per heavy atom. The molecule has 2 aliphatic carbocycles. The number of hydrogen-bond acceptors (Lipinski definition) is 9. The Hall–Kier alpha value is -3.48. The fraction of sp³-hybridized carbons (Fsp3) is 0.605. The maximum Gasteiger partial charge on any atom is 0.410 e. The summed E-state index contributed by atoms with van der Waals surface area (Å²) in [6, 6.07) is 6.98. The highest BCUT2D eigenvalue weighted by Crippen LogP contribution is 2.51. The molecule has 5 aliphatic rings. The normalized spacial score (nSPS) is 24.3. The first kappa shape index (κ1) is 34.6. The molecule has 3 aromatic rings. The van der Waals surface area contributed by atoms with E-state index in [-0.39, 0.29) is 42.5 Å². The summed E-state index contributed by atoms with van der Waals surface area (Å²) in [7, 11) is 1.54. The minimum atomic E-state index is -0.889. The van der Waals surface area contributed by atoms with Crippen molar-refractivity contribution in [2.45, 2.75) is 94.5 Å². The van der Waals surface area contributed by atoms with Gasteiger partial charge >= 0.3 is 12.1 Å². The van der Waals surface area contributed by atoms with Gasteiger partial charge in [-0.1, -0.05) is 11.6 Å². The molecule has 1 aromatic heterocycles. The van der Waals surface area contributed by atoms with Gasteiger partial charge in [0.15, 0.2) is 6.79 Å². The largest absolute Gasteiger partial charge is 0.467 e. The zero-order chi connectivity index (χ0) is 35.7. The number of amides is 1. The number of carbonyl (C=O) groups excluding carboxylic acids is 1. The Balaban J connectivity index is 1.19. The van der Waals surface area contributed by atoms with Crippen LogP contribution in [0.3, 0.4) is 0 Å². The van der Waals surface area contributed by atoms with Crippen molar-refractivity contribution in [3.8, 4) is 22.9 Å². The number of hydrogen-bond donors (Lipinski definition) is 0. The number of piperazine rings is 1. The Kier molecular flexibility index (Phi) is 8.74. The number of halogens is 3. The molecule has 2 saturated carbocycles. The van der Waals surface area contributed by atoms with E-state index in [1.165, 1.54) is 13.2 Å². The van der Waals surface area contributed by atoms with Crippen molar-refractivity contribution in [1.29, 1.82) is 0 Å². The third-order valence-corrected chi connectivity index (χ3v) is 11.4. The van der Waals surface area contributed by atoms with E-state index in [1.807, 2.05) is 31.7 Å². The number of fused-ring (bicyclic) bond motifs is 2. The molecule has 13 heteroatoms. The summed E-state index contributed by atoms with van der Waals surface area (Å²) in [5.74, 6) is 0.823. The topological polar surface area (TPSA) is 89.5 Å². The van der Waals surface area contributed by atoms with Crippen molar-refractivity contribution in [3.05, 3.63) is 40.7 Å². The van der Waals surface area contributed by atoms with Crippen LogP contribution < -0.4 is 14.4 Å². The molecule has 1 amide bonds. The van der Waals surface area contributed by atoms with Gasteiger partial charge in [0.25, 0.3) is 0 Å². The van der Waals surface area contributed by atoms with Gasteiger partial charge in [-0.15, -0.1) is 0 Å². The van der Waals surface area contributed by atoms with Crippen molar-refractivity contribution in [3.63, 3.8) is 0 Å². The number of carbonyl (C=O) groups is 1. The second kappa shape index (κ2) is 12.9. The van der Waals surface area contributed by atoms with Crippen molar-refractivity contribution in [2.75, 3.05) is 58.1 Å². The summed E-state index contributed by atoms with van der Waals surface area (Å²) >= 11 is 6.82. The van der Waals surface area contributed by atoms with Crippen LogP contribution in [-0.4, -0.2) is 102 Å². The van der Waals surface area contributed by atoms with Crippen LogP contribution in [0.25, 0.3) is 22.0 Å². The van der Waals surface area contributed by atoms with Crippen LogP contribution in [0.4, 0.5) is 19.4 Å². The van der Waals surface area contributed by atoms with Crippen LogP contribution in [0.2, 0.25) is 5.02 Å². The molecule has 5 fully saturated rings. The minimum absolute atomic E-state index is 0.0286. The first-order valence-corrected chi connectivity index (χ1v) is 18.5. The summed E-state index contributed by atoms with van der Waals surface area (Å²) in [6.07, 6.45) is 4.67. The Bertz CT molecular complexity index is 1850. The van der Waals surface area contributed by atoms with Gasteiger partial charge in [0.2, 0.25) is 0 Å². The fourth-order valence-corrected chi connectivity index (χ4v) is 8.78. The quantitative estimate of drug-likeness (QED) is 0.208. The summed E-state index contributed by atoms with van der Waals surface area (Å²) in [5.41, 5.74) is 1.03. The maximum absolute atomic E-state index is 16.5. The molecule has 2 atom stereocenters. The molecule has 3 aliphatic heterocycles. The number of benzene rings is 2. The maximum atomic E-state index is 16.5. The highest BCUT2D eigenvalue weighted by Gasteiger charge is 2.55. The van der Waals surface area contributed by atoms with Crippen LogP contribution >= 0.6 is 11.6 Å². The SMILES string of the molecule is COCOc1cc(Cl)c(C2CC2)c(-c2cc3nc(OC[C@@]45CCCN4C[C@H](F)C5)nc(N4CCN(C(=O)OC(C)(C)C)C5(CC5)C4)c3cc2F)c1. The molecule has 0 N–H and O–H groups in total. The average molecular weight is 726 g/mol. The number of rotatable bonds is 9. The van der Waals surface area contributed by atoms with E-state index in [2.05, 4.69) is 9.80 Å². The van der Waals surface area contributed by atoms with E-state index in [0.717, 1.165) is 50.6 Å². The Morgan fingerprint density at radius 3 is 2.57 bits per heavy atom.